The Hall–Kier alpha value is -1.77. The average molecular weight is 205 g/mol. The van der Waals surface area contributed by atoms with Crippen molar-refractivity contribution in [3.8, 4) is 5.75 Å². The fourth-order valence-corrected chi connectivity index (χ4v) is 1.38. The third-order valence-electron chi connectivity index (χ3n) is 2.07. The summed E-state index contributed by atoms with van der Waals surface area (Å²) < 4.78 is 5.19. The van der Waals surface area contributed by atoms with Crippen molar-refractivity contribution < 1.29 is 9.53 Å². The van der Waals surface area contributed by atoms with Crippen LogP contribution in [0.3, 0.4) is 0 Å². The van der Waals surface area contributed by atoms with Gasteiger partial charge in [-0.25, -0.2) is 0 Å². The third-order valence-corrected chi connectivity index (χ3v) is 2.07. The van der Waals surface area contributed by atoms with Gasteiger partial charge in [-0.3, -0.25) is 4.79 Å². The molecule has 0 radical (unpaired) electrons. The van der Waals surface area contributed by atoms with Gasteiger partial charge in [-0.2, -0.15) is 0 Å². The fraction of sp³-hybridized carbons (Fsp3) is 0.250. The van der Waals surface area contributed by atoms with E-state index in [-0.39, 0.29) is 5.91 Å². The van der Waals surface area contributed by atoms with Gasteiger partial charge in [0.15, 0.2) is 0 Å². The Morgan fingerprint density at radius 2 is 2.20 bits per heavy atom. The predicted octanol–water partition coefficient (Wildman–Crippen LogP) is 2.23. The number of rotatable bonds is 4. The summed E-state index contributed by atoms with van der Waals surface area (Å²) in [4.78, 5) is 13.0. The number of anilines is 1. The van der Waals surface area contributed by atoms with Crippen molar-refractivity contribution in [2.45, 2.75) is 6.92 Å². The van der Waals surface area contributed by atoms with Crippen LogP contribution in [0, 0.1) is 0 Å². The lowest BCUT2D eigenvalue weighted by Crippen LogP contribution is -2.28. The summed E-state index contributed by atoms with van der Waals surface area (Å²) in [6.45, 7) is 5.63. The van der Waals surface area contributed by atoms with Crippen LogP contribution in [0.15, 0.2) is 36.9 Å². The molecule has 0 heterocycles. The first-order chi connectivity index (χ1) is 7.20. The second kappa shape index (κ2) is 5.20. The maximum absolute atomic E-state index is 11.4. The molecule has 0 saturated carbocycles. The molecule has 0 unspecified atom stereocenters. The van der Waals surface area contributed by atoms with Gasteiger partial charge in [0, 0.05) is 13.5 Å². The summed E-state index contributed by atoms with van der Waals surface area (Å²) in [5.41, 5.74) is 0.771. The zero-order chi connectivity index (χ0) is 11.3. The first-order valence-electron chi connectivity index (χ1n) is 4.72. The summed E-state index contributed by atoms with van der Waals surface area (Å²) in [5, 5.41) is 0. The number of methoxy groups -OCH3 is 1. The van der Waals surface area contributed by atoms with E-state index in [1.807, 2.05) is 24.3 Å². The molecule has 0 N–H and O–H groups in total. The van der Waals surface area contributed by atoms with Crippen LogP contribution in [0.25, 0.3) is 0 Å². The number of carbonyl (C=O) groups is 1. The van der Waals surface area contributed by atoms with Gasteiger partial charge in [-0.15, -0.1) is 6.58 Å². The minimum absolute atomic E-state index is 0.0283. The normalized spacial score (nSPS) is 9.47. The maximum atomic E-state index is 11.4. The van der Waals surface area contributed by atoms with Crippen LogP contribution in [-0.4, -0.2) is 19.6 Å². The van der Waals surface area contributed by atoms with Crippen molar-refractivity contribution in [3.05, 3.63) is 36.9 Å². The highest BCUT2D eigenvalue weighted by Crippen LogP contribution is 2.27. The number of nitrogens with zero attached hydrogens (tertiary/aromatic N) is 1. The van der Waals surface area contributed by atoms with Crippen LogP contribution in [0.2, 0.25) is 0 Å². The number of hydrogen-bond acceptors (Lipinski definition) is 2. The van der Waals surface area contributed by atoms with Gasteiger partial charge in [0.25, 0.3) is 0 Å². The minimum atomic E-state index is -0.0283. The molecule has 0 aliphatic carbocycles. The number of para-hydroxylation sites is 2. The van der Waals surface area contributed by atoms with E-state index < -0.39 is 0 Å². The van der Waals surface area contributed by atoms with Crippen molar-refractivity contribution in [2.24, 2.45) is 0 Å². The van der Waals surface area contributed by atoms with Gasteiger partial charge in [-0.1, -0.05) is 18.2 Å². The van der Waals surface area contributed by atoms with Crippen molar-refractivity contribution in [2.75, 3.05) is 18.6 Å². The predicted molar refractivity (Wildman–Crippen MR) is 61.2 cm³/mol. The van der Waals surface area contributed by atoms with Crippen LogP contribution in [0.1, 0.15) is 6.92 Å². The molecule has 0 aliphatic heterocycles. The van der Waals surface area contributed by atoms with E-state index in [1.165, 1.54) is 6.92 Å². The molecular weight excluding hydrogens is 190 g/mol. The molecule has 0 saturated heterocycles. The van der Waals surface area contributed by atoms with Gasteiger partial charge in [0.1, 0.15) is 5.75 Å². The molecule has 1 aromatic rings. The van der Waals surface area contributed by atoms with Crippen LogP contribution < -0.4 is 9.64 Å². The summed E-state index contributed by atoms with van der Waals surface area (Å²) in [6.07, 6.45) is 1.69. The second-order valence-corrected chi connectivity index (χ2v) is 3.09. The number of carbonyl (C=O) groups excluding carboxylic acids is 1. The number of benzene rings is 1. The van der Waals surface area contributed by atoms with Gasteiger partial charge < -0.3 is 9.64 Å². The molecule has 1 aromatic carbocycles. The van der Waals surface area contributed by atoms with Crippen molar-refractivity contribution >= 4 is 11.6 Å². The monoisotopic (exact) mass is 205 g/mol. The van der Waals surface area contributed by atoms with Crippen molar-refractivity contribution in [1.82, 2.24) is 0 Å². The summed E-state index contributed by atoms with van der Waals surface area (Å²) >= 11 is 0. The summed E-state index contributed by atoms with van der Waals surface area (Å²) in [7, 11) is 1.59. The van der Waals surface area contributed by atoms with Gasteiger partial charge in [0.05, 0.1) is 12.8 Å². The molecule has 15 heavy (non-hydrogen) atoms. The van der Waals surface area contributed by atoms with E-state index in [0.717, 1.165) is 5.69 Å². The van der Waals surface area contributed by atoms with Crippen LogP contribution >= 0.6 is 0 Å². The molecule has 0 bridgehead atoms. The van der Waals surface area contributed by atoms with Gasteiger partial charge >= 0.3 is 0 Å². The molecular formula is C12H15NO2. The molecule has 0 spiro atoms. The minimum Gasteiger partial charge on any atom is -0.495 e. The average Bonchev–Trinajstić information content (AvgIpc) is 2.25. The zero-order valence-electron chi connectivity index (χ0n) is 9.06. The molecule has 0 aromatic heterocycles. The quantitative estimate of drug-likeness (QED) is 0.705. The van der Waals surface area contributed by atoms with E-state index in [0.29, 0.717) is 12.3 Å². The highest BCUT2D eigenvalue weighted by Gasteiger charge is 2.13. The SMILES string of the molecule is C=CCN(C(C)=O)c1ccccc1OC. The summed E-state index contributed by atoms with van der Waals surface area (Å²) in [6, 6.07) is 7.42. The first kappa shape index (κ1) is 11.3. The Kier molecular flexibility index (Phi) is 3.92. The molecule has 80 valence electrons. The standard InChI is InChI=1S/C12H15NO2/c1-4-9-13(10(2)14)11-7-5-6-8-12(11)15-3/h4-8H,1,9H2,2-3H3. The number of hydrogen-bond donors (Lipinski definition) is 0. The number of ether oxygens (including phenoxy) is 1. The largest absolute Gasteiger partial charge is 0.495 e. The fourth-order valence-electron chi connectivity index (χ4n) is 1.38. The molecule has 0 aliphatic rings. The Bertz CT molecular complexity index is 360. The van der Waals surface area contributed by atoms with Crippen molar-refractivity contribution in [1.29, 1.82) is 0 Å². The molecule has 3 heteroatoms. The van der Waals surface area contributed by atoms with E-state index in [9.17, 15) is 4.79 Å². The van der Waals surface area contributed by atoms with Crippen LogP contribution in [0.5, 0.6) is 5.75 Å². The molecule has 3 nitrogen and oxygen atoms in total. The zero-order valence-corrected chi connectivity index (χ0v) is 9.06. The van der Waals surface area contributed by atoms with E-state index in [1.54, 1.807) is 18.1 Å². The smallest absolute Gasteiger partial charge is 0.224 e. The topological polar surface area (TPSA) is 29.5 Å². The van der Waals surface area contributed by atoms with Crippen LogP contribution in [-0.2, 0) is 4.79 Å². The molecule has 1 rings (SSSR count). The summed E-state index contributed by atoms with van der Waals surface area (Å²) in [5.74, 6) is 0.661. The van der Waals surface area contributed by atoms with Gasteiger partial charge in [0.2, 0.25) is 5.91 Å². The Labute approximate surface area is 90.0 Å². The van der Waals surface area contributed by atoms with Crippen LogP contribution in [0.4, 0.5) is 5.69 Å². The molecule has 0 fully saturated rings. The molecule has 0 atom stereocenters. The number of amides is 1. The lowest BCUT2D eigenvalue weighted by molar-refractivity contribution is -0.116. The lowest BCUT2D eigenvalue weighted by Gasteiger charge is -2.21. The lowest BCUT2D eigenvalue weighted by atomic mass is 10.2. The third kappa shape index (κ3) is 2.59. The Morgan fingerprint density at radius 3 is 2.73 bits per heavy atom. The maximum Gasteiger partial charge on any atom is 0.224 e. The van der Waals surface area contributed by atoms with E-state index >= 15 is 0 Å². The van der Waals surface area contributed by atoms with Crippen molar-refractivity contribution in [3.63, 3.8) is 0 Å². The highest BCUT2D eigenvalue weighted by molar-refractivity contribution is 5.93. The van der Waals surface area contributed by atoms with E-state index in [4.69, 9.17) is 4.74 Å². The van der Waals surface area contributed by atoms with E-state index in [2.05, 4.69) is 6.58 Å². The molecule has 1 amide bonds. The Morgan fingerprint density at radius 1 is 1.53 bits per heavy atom. The van der Waals surface area contributed by atoms with Gasteiger partial charge in [-0.05, 0) is 12.1 Å². The Balaban J connectivity index is 3.09. The second-order valence-electron chi connectivity index (χ2n) is 3.09. The first-order valence-corrected chi connectivity index (χ1v) is 4.72. The highest BCUT2D eigenvalue weighted by atomic mass is 16.5.